The van der Waals surface area contributed by atoms with E-state index in [4.69, 9.17) is 16.3 Å². The van der Waals surface area contributed by atoms with E-state index in [1.807, 2.05) is 42.6 Å². The van der Waals surface area contributed by atoms with Crippen LogP contribution in [0.4, 0.5) is 5.69 Å². The maximum Gasteiger partial charge on any atom is 0.112 e. The van der Waals surface area contributed by atoms with E-state index in [0.717, 1.165) is 48.2 Å². The van der Waals surface area contributed by atoms with Crippen LogP contribution in [0.15, 0.2) is 42.6 Å². The molecule has 3 rings (SSSR count). The third-order valence-electron chi connectivity index (χ3n) is 3.43. The number of rotatable bonds is 4. The standard InChI is InChI=1S/C16H18ClN3O/c17-13-3-1-2-12(8-13)9-19-14-4-5-15(20-10-14)16-11-18-6-7-21-16/h1-5,8,10,16,18-19H,6-7,9,11H2. The number of ether oxygens (including phenoxy) is 1. The summed E-state index contributed by atoms with van der Waals surface area (Å²) in [7, 11) is 0. The fourth-order valence-electron chi connectivity index (χ4n) is 2.31. The normalized spacial score (nSPS) is 18.4. The Hall–Kier alpha value is -1.62. The van der Waals surface area contributed by atoms with Gasteiger partial charge in [0, 0.05) is 24.7 Å². The van der Waals surface area contributed by atoms with Gasteiger partial charge in [-0.05, 0) is 29.8 Å². The Kier molecular flexibility index (Phi) is 4.70. The van der Waals surface area contributed by atoms with Gasteiger partial charge in [-0.25, -0.2) is 0 Å². The maximum atomic E-state index is 5.97. The first-order valence-electron chi connectivity index (χ1n) is 7.08. The van der Waals surface area contributed by atoms with Gasteiger partial charge in [0.05, 0.1) is 24.2 Å². The third-order valence-corrected chi connectivity index (χ3v) is 3.66. The summed E-state index contributed by atoms with van der Waals surface area (Å²) in [5, 5.41) is 7.40. The highest BCUT2D eigenvalue weighted by Crippen LogP contribution is 2.18. The molecule has 1 saturated heterocycles. The number of anilines is 1. The lowest BCUT2D eigenvalue weighted by Gasteiger charge is -2.23. The SMILES string of the molecule is Clc1cccc(CNc2ccc(C3CNCCO3)nc2)c1. The van der Waals surface area contributed by atoms with Gasteiger partial charge < -0.3 is 15.4 Å². The summed E-state index contributed by atoms with van der Waals surface area (Å²) in [6, 6.07) is 11.9. The molecule has 1 unspecified atom stereocenters. The lowest BCUT2D eigenvalue weighted by atomic mass is 10.2. The molecule has 0 saturated carbocycles. The predicted molar refractivity (Wildman–Crippen MR) is 84.6 cm³/mol. The van der Waals surface area contributed by atoms with E-state index >= 15 is 0 Å². The molecule has 1 aliphatic rings. The summed E-state index contributed by atoms with van der Waals surface area (Å²) in [6.45, 7) is 3.20. The highest BCUT2D eigenvalue weighted by molar-refractivity contribution is 6.30. The average Bonchev–Trinajstić information content (AvgIpc) is 2.54. The Morgan fingerprint density at radius 3 is 3.00 bits per heavy atom. The number of nitrogens with one attached hydrogen (secondary N) is 2. The molecule has 21 heavy (non-hydrogen) atoms. The molecule has 2 N–H and O–H groups in total. The molecule has 1 aromatic heterocycles. The number of aromatic nitrogens is 1. The van der Waals surface area contributed by atoms with Crippen molar-refractivity contribution >= 4 is 17.3 Å². The first-order valence-corrected chi connectivity index (χ1v) is 7.45. The minimum absolute atomic E-state index is 0.0562. The van der Waals surface area contributed by atoms with Crippen molar-refractivity contribution in [2.24, 2.45) is 0 Å². The van der Waals surface area contributed by atoms with E-state index < -0.39 is 0 Å². The van der Waals surface area contributed by atoms with Crippen LogP contribution in [0.1, 0.15) is 17.4 Å². The molecule has 1 atom stereocenters. The van der Waals surface area contributed by atoms with Gasteiger partial charge in [0.25, 0.3) is 0 Å². The second kappa shape index (κ2) is 6.89. The number of hydrogen-bond acceptors (Lipinski definition) is 4. The number of halogens is 1. The lowest BCUT2D eigenvalue weighted by molar-refractivity contribution is 0.0250. The minimum Gasteiger partial charge on any atom is -0.380 e. The summed E-state index contributed by atoms with van der Waals surface area (Å²) < 4.78 is 5.69. The molecule has 0 spiro atoms. The molecular formula is C16H18ClN3O. The fourth-order valence-corrected chi connectivity index (χ4v) is 2.52. The second-order valence-corrected chi connectivity index (χ2v) is 5.46. The highest BCUT2D eigenvalue weighted by atomic mass is 35.5. The Morgan fingerprint density at radius 1 is 1.33 bits per heavy atom. The van der Waals surface area contributed by atoms with Crippen LogP contribution in [-0.2, 0) is 11.3 Å². The quantitative estimate of drug-likeness (QED) is 0.911. The van der Waals surface area contributed by atoms with E-state index in [-0.39, 0.29) is 6.10 Å². The molecule has 1 aromatic carbocycles. The first-order chi connectivity index (χ1) is 10.3. The molecule has 0 aliphatic carbocycles. The van der Waals surface area contributed by atoms with E-state index in [2.05, 4.69) is 15.6 Å². The van der Waals surface area contributed by atoms with Gasteiger partial charge in [0.2, 0.25) is 0 Å². The van der Waals surface area contributed by atoms with Gasteiger partial charge in [0.15, 0.2) is 0 Å². The number of benzene rings is 1. The predicted octanol–water partition coefficient (Wildman–Crippen LogP) is 3.01. The smallest absolute Gasteiger partial charge is 0.112 e. The molecule has 0 bridgehead atoms. The molecule has 2 aromatic rings. The highest BCUT2D eigenvalue weighted by Gasteiger charge is 2.16. The first kappa shape index (κ1) is 14.3. The van der Waals surface area contributed by atoms with E-state index in [1.54, 1.807) is 0 Å². The Balaban J connectivity index is 1.59. The summed E-state index contributed by atoms with van der Waals surface area (Å²) in [6.07, 6.45) is 1.90. The summed E-state index contributed by atoms with van der Waals surface area (Å²) in [5.41, 5.74) is 3.10. The largest absolute Gasteiger partial charge is 0.380 e. The second-order valence-electron chi connectivity index (χ2n) is 5.02. The molecule has 110 valence electrons. The number of pyridine rings is 1. The zero-order valence-corrected chi connectivity index (χ0v) is 12.4. The van der Waals surface area contributed by atoms with Crippen LogP contribution in [-0.4, -0.2) is 24.7 Å². The van der Waals surface area contributed by atoms with Crippen molar-refractivity contribution in [2.75, 3.05) is 25.0 Å². The van der Waals surface area contributed by atoms with Crippen LogP contribution in [0, 0.1) is 0 Å². The van der Waals surface area contributed by atoms with Crippen LogP contribution in [0.5, 0.6) is 0 Å². The molecule has 2 heterocycles. The van der Waals surface area contributed by atoms with Crippen LogP contribution in [0.25, 0.3) is 0 Å². The fraction of sp³-hybridized carbons (Fsp3) is 0.312. The van der Waals surface area contributed by atoms with Crippen LogP contribution in [0.2, 0.25) is 5.02 Å². The van der Waals surface area contributed by atoms with Crippen molar-refractivity contribution in [3.63, 3.8) is 0 Å². The Morgan fingerprint density at radius 2 is 2.29 bits per heavy atom. The minimum atomic E-state index is 0.0562. The van der Waals surface area contributed by atoms with E-state index in [9.17, 15) is 0 Å². The van der Waals surface area contributed by atoms with Gasteiger partial charge in [-0.1, -0.05) is 23.7 Å². The van der Waals surface area contributed by atoms with E-state index in [1.165, 1.54) is 0 Å². The molecule has 0 amide bonds. The van der Waals surface area contributed by atoms with Gasteiger partial charge in [-0.2, -0.15) is 0 Å². The van der Waals surface area contributed by atoms with Crippen LogP contribution >= 0.6 is 11.6 Å². The van der Waals surface area contributed by atoms with Crippen molar-refractivity contribution in [1.29, 1.82) is 0 Å². The molecule has 4 nitrogen and oxygen atoms in total. The van der Waals surface area contributed by atoms with Crippen molar-refractivity contribution in [1.82, 2.24) is 10.3 Å². The van der Waals surface area contributed by atoms with Crippen molar-refractivity contribution in [2.45, 2.75) is 12.6 Å². The zero-order valence-electron chi connectivity index (χ0n) is 11.7. The average molecular weight is 304 g/mol. The molecule has 0 radical (unpaired) electrons. The Bertz CT molecular complexity index is 582. The Labute approximate surface area is 129 Å². The molecule has 1 fully saturated rings. The van der Waals surface area contributed by atoms with Gasteiger partial charge in [-0.15, -0.1) is 0 Å². The zero-order chi connectivity index (χ0) is 14.5. The summed E-state index contributed by atoms with van der Waals surface area (Å²) in [4.78, 5) is 4.48. The lowest BCUT2D eigenvalue weighted by Crippen LogP contribution is -2.33. The number of morpholine rings is 1. The van der Waals surface area contributed by atoms with Crippen molar-refractivity contribution in [3.8, 4) is 0 Å². The van der Waals surface area contributed by atoms with Crippen LogP contribution in [0.3, 0.4) is 0 Å². The number of nitrogens with zero attached hydrogens (tertiary/aromatic N) is 1. The van der Waals surface area contributed by atoms with Crippen LogP contribution < -0.4 is 10.6 Å². The van der Waals surface area contributed by atoms with Crippen molar-refractivity contribution < 1.29 is 4.74 Å². The van der Waals surface area contributed by atoms with E-state index in [0.29, 0.717) is 0 Å². The van der Waals surface area contributed by atoms with Gasteiger partial charge >= 0.3 is 0 Å². The summed E-state index contributed by atoms with van der Waals surface area (Å²) >= 11 is 5.97. The third kappa shape index (κ3) is 3.94. The maximum absolute atomic E-state index is 5.97. The summed E-state index contributed by atoms with van der Waals surface area (Å²) in [5.74, 6) is 0. The monoisotopic (exact) mass is 303 g/mol. The van der Waals surface area contributed by atoms with Crippen molar-refractivity contribution in [3.05, 3.63) is 58.9 Å². The molecule has 1 aliphatic heterocycles. The molecular weight excluding hydrogens is 286 g/mol. The van der Waals surface area contributed by atoms with Gasteiger partial charge in [-0.3, -0.25) is 4.98 Å². The van der Waals surface area contributed by atoms with Gasteiger partial charge in [0.1, 0.15) is 6.10 Å². The number of hydrogen-bond donors (Lipinski definition) is 2. The molecule has 5 heteroatoms. The topological polar surface area (TPSA) is 46.2 Å².